The van der Waals surface area contributed by atoms with E-state index >= 15 is 0 Å². The molecule has 2 fully saturated rings. The van der Waals surface area contributed by atoms with Gasteiger partial charge in [-0.1, -0.05) is 24.3 Å². The van der Waals surface area contributed by atoms with Crippen molar-refractivity contribution in [1.29, 1.82) is 0 Å². The molecule has 1 heterocycles. The summed E-state index contributed by atoms with van der Waals surface area (Å²) < 4.78 is 25.2. The Kier molecular flexibility index (Phi) is 4.86. The predicted molar refractivity (Wildman–Crippen MR) is 80.4 cm³/mol. The third kappa shape index (κ3) is 4.48. The molecule has 0 aromatic heterocycles. The molecule has 0 radical (unpaired) electrons. The number of rotatable bonds is 7. The van der Waals surface area contributed by atoms with Crippen LogP contribution in [0.15, 0.2) is 24.3 Å². The number of nitrogens with zero attached hydrogens (tertiary/aromatic N) is 1. The number of nitrogens with one attached hydrogen (secondary N) is 1. The van der Waals surface area contributed by atoms with Crippen LogP contribution in [0.5, 0.6) is 0 Å². The molecule has 0 spiro atoms. The smallest absolute Gasteiger partial charge is 0.263 e. The summed E-state index contributed by atoms with van der Waals surface area (Å²) in [5.41, 5.74) is 1.25. The first kappa shape index (κ1) is 14.9. The zero-order valence-electron chi connectivity index (χ0n) is 12.4. The molecule has 2 nitrogen and oxygen atoms in total. The van der Waals surface area contributed by atoms with Gasteiger partial charge in [0, 0.05) is 31.2 Å². The molecule has 1 aromatic carbocycles. The van der Waals surface area contributed by atoms with Gasteiger partial charge in [0.2, 0.25) is 0 Å². The lowest BCUT2D eigenvalue weighted by molar-refractivity contribution is 0.151. The van der Waals surface area contributed by atoms with E-state index < -0.39 is 6.43 Å². The second-order valence-corrected chi connectivity index (χ2v) is 6.47. The van der Waals surface area contributed by atoms with Gasteiger partial charge in [0.15, 0.2) is 0 Å². The summed E-state index contributed by atoms with van der Waals surface area (Å²) in [4.78, 5) is 2.50. The number of benzene rings is 1. The molecule has 21 heavy (non-hydrogen) atoms. The van der Waals surface area contributed by atoms with Crippen molar-refractivity contribution >= 4 is 0 Å². The van der Waals surface area contributed by atoms with Gasteiger partial charge in [-0.2, -0.15) is 0 Å². The molecular weight excluding hydrogens is 270 g/mol. The van der Waals surface area contributed by atoms with Crippen molar-refractivity contribution in [3.63, 3.8) is 0 Å². The van der Waals surface area contributed by atoms with Crippen LogP contribution < -0.4 is 5.32 Å². The van der Waals surface area contributed by atoms with Gasteiger partial charge >= 0.3 is 0 Å². The van der Waals surface area contributed by atoms with Gasteiger partial charge in [0.05, 0.1) is 0 Å². The lowest BCUT2D eigenvalue weighted by Gasteiger charge is -2.26. The number of hydrogen-bond acceptors (Lipinski definition) is 2. The molecule has 1 unspecified atom stereocenters. The van der Waals surface area contributed by atoms with Crippen molar-refractivity contribution in [2.24, 2.45) is 5.92 Å². The Morgan fingerprint density at radius 2 is 1.86 bits per heavy atom. The number of halogens is 2. The zero-order chi connectivity index (χ0) is 14.7. The van der Waals surface area contributed by atoms with Crippen molar-refractivity contribution in [3.05, 3.63) is 35.4 Å². The predicted octanol–water partition coefficient (Wildman–Crippen LogP) is 3.59. The molecular formula is C17H24F2N2. The second-order valence-electron chi connectivity index (χ2n) is 6.47. The van der Waals surface area contributed by atoms with Crippen LogP contribution in [0.2, 0.25) is 0 Å². The minimum absolute atomic E-state index is 0.116. The second kappa shape index (κ2) is 6.84. The maximum Gasteiger partial charge on any atom is 0.263 e. The molecule has 0 bridgehead atoms. The highest BCUT2D eigenvalue weighted by atomic mass is 19.3. The highest BCUT2D eigenvalue weighted by Crippen LogP contribution is 2.30. The molecule has 1 aliphatic heterocycles. The van der Waals surface area contributed by atoms with Crippen molar-refractivity contribution in [2.75, 3.05) is 19.6 Å². The highest BCUT2D eigenvalue weighted by Gasteiger charge is 2.26. The first-order valence-electron chi connectivity index (χ1n) is 8.03. The topological polar surface area (TPSA) is 15.3 Å². The molecule has 1 aromatic rings. The molecule has 116 valence electrons. The van der Waals surface area contributed by atoms with Crippen LogP contribution in [0, 0.1) is 5.92 Å². The Morgan fingerprint density at radius 3 is 2.43 bits per heavy atom. The van der Waals surface area contributed by atoms with E-state index in [4.69, 9.17) is 0 Å². The molecule has 3 rings (SSSR count). The third-order valence-corrected chi connectivity index (χ3v) is 4.49. The van der Waals surface area contributed by atoms with Crippen molar-refractivity contribution in [2.45, 2.75) is 44.7 Å². The molecule has 1 N–H and O–H groups in total. The lowest BCUT2D eigenvalue weighted by Crippen LogP contribution is -2.38. The van der Waals surface area contributed by atoms with Gasteiger partial charge in [-0.25, -0.2) is 8.78 Å². The summed E-state index contributed by atoms with van der Waals surface area (Å²) in [5, 5.41) is 3.55. The lowest BCUT2D eigenvalue weighted by atomic mass is 10.1. The van der Waals surface area contributed by atoms with E-state index in [0.29, 0.717) is 6.04 Å². The first-order valence-corrected chi connectivity index (χ1v) is 8.03. The maximum atomic E-state index is 12.6. The Morgan fingerprint density at radius 1 is 1.10 bits per heavy atom. The van der Waals surface area contributed by atoms with Crippen molar-refractivity contribution in [3.8, 4) is 0 Å². The minimum atomic E-state index is -2.37. The van der Waals surface area contributed by atoms with Gasteiger partial charge in [-0.05, 0) is 43.7 Å². The largest absolute Gasteiger partial charge is 0.313 e. The molecule has 1 atom stereocenters. The summed E-state index contributed by atoms with van der Waals surface area (Å²) >= 11 is 0. The van der Waals surface area contributed by atoms with Gasteiger partial charge in [-0.3, -0.25) is 4.90 Å². The average Bonchev–Trinajstić information content (AvgIpc) is 3.13. The van der Waals surface area contributed by atoms with Gasteiger partial charge in [0.25, 0.3) is 6.43 Å². The van der Waals surface area contributed by atoms with Crippen LogP contribution >= 0.6 is 0 Å². The Bertz CT molecular complexity index is 437. The average molecular weight is 294 g/mol. The number of alkyl halides is 2. The van der Waals surface area contributed by atoms with E-state index in [-0.39, 0.29) is 5.56 Å². The fourth-order valence-corrected chi connectivity index (χ4v) is 3.12. The molecule has 2 aliphatic rings. The summed E-state index contributed by atoms with van der Waals surface area (Å²) in [5.74, 6) is 0.853. The standard InChI is InChI=1S/C17H24F2N2/c18-17(19)15-7-5-14(6-8-15)11-21(10-13-3-4-13)12-16-2-1-9-20-16/h5-8,13,16-17,20H,1-4,9-12H2. The SMILES string of the molecule is FC(F)c1ccc(CN(CC2CC2)CC2CCCN2)cc1. The van der Waals surface area contributed by atoms with E-state index in [1.165, 1.54) is 25.7 Å². The molecule has 1 aliphatic carbocycles. The van der Waals surface area contributed by atoms with E-state index in [1.807, 2.05) is 12.1 Å². The van der Waals surface area contributed by atoms with Crippen LogP contribution in [0.3, 0.4) is 0 Å². The third-order valence-electron chi connectivity index (χ3n) is 4.49. The Balaban J connectivity index is 1.59. The number of hydrogen-bond donors (Lipinski definition) is 1. The Labute approximate surface area is 125 Å². The van der Waals surface area contributed by atoms with Gasteiger partial charge in [-0.15, -0.1) is 0 Å². The normalized spacial score (nSPS) is 22.4. The molecule has 0 amide bonds. The van der Waals surface area contributed by atoms with E-state index in [9.17, 15) is 8.78 Å². The van der Waals surface area contributed by atoms with E-state index in [1.54, 1.807) is 12.1 Å². The van der Waals surface area contributed by atoms with Crippen LogP contribution in [-0.2, 0) is 6.54 Å². The summed E-state index contributed by atoms with van der Waals surface area (Å²) in [7, 11) is 0. The molecule has 1 saturated heterocycles. The maximum absolute atomic E-state index is 12.6. The fraction of sp³-hybridized carbons (Fsp3) is 0.647. The quantitative estimate of drug-likeness (QED) is 0.827. The summed E-state index contributed by atoms with van der Waals surface area (Å²) in [6, 6.07) is 7.42. The van der Waals surface area contributed by atoms with Crippen molar-refractivity contribution < 1.29 is 8.78 Å². The van der Waals surface area contributed by atoms with Gasteiger partial charge in [0.1, 0.15) is 0 Å². The Hall–Kier alpha value is -1.00. The van der Waals surface area contributed by atoms with Crippen LogP contribution in [0.1, 0.15) is 43.2 Å². The fourth-order valence-electron chi connectivity index (χ4n) is 3.12. The van der Waals surface area contributed by atoms with Gasteiger partial charge < -0.3 is 5.32 Å². The molecule has 4 heteroatoms. The summed E-state index contributed by atoms with van der Waals surface area (Å²) in [6.45, 7) is 4.23. The minimum Gasteiger partial charge on any atom is -0.313 e. The zero-order valence-corrected chi connectivity index (χ0v) is 12.4. The summed E-state index contributed by atoms with van der Waals surface area (Å²) in [6.07, 6.45) is 2.85. The molecule has 1 saturated carbocycles. The van der Waals surface area contributed by atoms with Crippen LogP contribution in [-0.4, -0.2) is 30.6 Å². The van der Waals surface area contributed by atoms with E-state index in [0.717, 1.165) is 37.7 Å². The van der Waals surface area contributed by atoms with Crippen molar-refractivity contribution in [1.82, 2.24) is 10.2 Å². The monoisotopic (exact) mass is 294 g/mol. The first-order chi connectivity index (χ1) is 10.2. The van der Waals surface area contributed by atoms with E-state index in [2.05, 4.69) is 10.2 Å². The van der Waals surface area contributed by atoms with Crippen LogP contribution in [0.25, 0.3) is 0 Å². The van der Waals surface area contributed by atoms with Crippen LogP contribution in [0.4, 0.5) is 8.78 Å². The highest BCUT2D eigenvalue weighted by molar-refractivity contribution is 5.23.